The van der Waals surface area contributed by atoms with Gasteiger partial charge in [-0.25, -0.2) is 4.39 Å². The summed E-state index contributed by atoms with van der Waals surface area (Å²) in [6.07, 6.45) is 0. The summed E-state index contributed by atoms with van der Waals surface area (Å²) in [5.74, 6) is 0.688. The van der Waals surface area contributed by atoms with Crippen LogP contribution in [0.1, 0.15) is 17.2 Å². The largest absolute Gasteiger partial charge is 0.496 e. The van der Waals surface area contributed by atoms with E-state index in [1.54, 1.807) is 19.2 Å². The number of rotatable bonds is 6. The number of benzene rings is 2. The number of ether oxygens (including phenoxy) is 2. The van der Waals surface area contributed by atoms with Crippen LogP contribution in [0.2, 0.25) is 0 Å². The summed E-state index contributed by atoms with van der Waals surface area (Å²) in [4.78, 5) is 18.1. The van der Waals surface area contributed by atoms with Gasteiger partial charge >= 0.3 is 0 Å². The molecule has 0 saturated carbocycles. The number of hydrogen-bond acceptors (Lipinski definition) is 3. The predicted molar refractivity (Wildman–Crippen MR) is 115 cm³/mol. The molecule has 2 N–H and O–H groups in total. The molecule has 2 aromatic carbocycles. The summed E-state index contributed by atoms with van der Waals surface area (Å²) >= 11 is 0. The Labute approximate surface area is 183 Å². The Morgan fingerprint density at radius 3 is 2.48 bits per heavy atom. The van der Waals surface area contributed by atoms with Crippen molar-refractivity contribution < 1.29 is 28.5 Å². The van der Waals surface area contributed by atoms with Gasteiger partial charge in [-0.1, -0.05) is 30.3 Å². The first-order valence-electron chi connectivity index (χ1n) is 11.1. The lowest BCUT2D eigenvalue weighted by atomic mass is 10.0. The molecule has 4 rings (SSSR count). The van der Waals surface area contributed by atoms with Crippen LogP contribution < -0.4 is 14.5 Å². The normalized spacial score (nSPS) is 22.7. The average molecular weight is 430 g/mol. The summed E-state index contributed by atoms with van der Waals surface area (Å²) in [6.45, 7) is 6.89. The fourth-order valence-electron chi connectivity index (χ4n) is 4.71. The molecule has 2 aliphatic heterocycles. The number of halogens is 1. The second kappa shape index (κ2) is 10.2. The van der Waals surface area contributed by atoms with Gasteiger partial charge in [0.25, 0.3) is 5.91 Å². The Kier molecular flexibility index (Phi) is 7.17. The van der Waals surface area contributed by atoms with Gasteiger partial charge in [-0.05, 0) is 18.2 Å². The van der Waals surface area contributed by atoms with Crippen molar-refractivity contribution in [1.82, 2.24) is 4.90 Å². The maximum atomic E-state index is 13.7. The molecule has 166 valence electrons. The number of morpholine rings is 1. The second-order valence-electron chi connectivity index (χ2n) is 8.32. The van der Waals surface area contributed by atoms with Crippen LogP contribution in [0.5, 0.6) is 5.75 Å². The monoisotopic (exact) mass is 429 g/mol. The van der Waals surface area contributed by atoms with Crippen molar-refractivity contribution in [2.45, 2.75) is 12.6 Å². The number of amides is 1. The van der Waals surface area contributed by atoms with E-state index in [0.29, 0.717) is 26.3 Å². The number of quaternary nitrogens is 2. The zero-order valence-corrected chi connectivity index (χ0v) is 18.1. The molecule has 2 aromatic rings. The van der Waals surface area contributed by atoms with Crippen LogP contribution in [0.25, 0.3) is 0 Å². The Morgan fingerprint density at radius 2 is 1.81 bits per heavy atom. The predicted octanol–water partition coefficient (Wildman–Crippen LogP) is -0.282. The van der Waals surface area contributed by atoms with Crippen LogP contribution in [0.3, 0.4) is 0 Å². The molecule has 0 aliphatic carbocycles. The van der Waals surface area contributed by atoms with Crippen molar-refractivity contribution in [2.24, 2.45) is 0 Å². The zero-order chi connectivity index (χ0) is 21.6. The van der Waals surface area contributed by atoms with Gasteiger partial charge in [-0.3, -0.25) is 4.79 Å². The maximum Gasteiger partial charge on any atom is 0.285 e. The zero-order valence-electron chi connectivity index (χ0n) is 18.1. The van der Waals surface area contributed by atoms with E-state index in [1.807, 2.05) is 23.1 Å². The highest BCUT2D eigenvalue weighted by atomic mass is 19.1. The minimum absolute atomic E-state index is 0.190. The Morgan fingerprint density at radius 1 is 1.10 bits per heavy atom. The van der Waals surface area contributed by atoms with Gasteiger partial charge in [0.15, 0.2) is 6.04 Å². The standard InChI is InChI=1S/C24H30FN3O3/c1-30-22-8-7-21(25)17-20(22)18-26-9-11-27(12-10-26)23(19-5-3-2-4-6-19)24(29)28-13-15-31-16-14-28/h2-8,17,23H,9-16,18H2,1H3/p+2/t23-/m1/s1. The van der Waals surface area contributed by atoms with Gasteiger partial charge < -0.3 is 24.2 Å². The molecule has 6 nitrogen and oxygen atoms in total. The minimum atomic E-state index is -0.236. The number of carbonyl (C=O) groups is 1. The Bertz CT molecular complexity index is 866. The fraction of sp³-hybridized carbons (Fsp3) is 0.458. The van der Waals surface area contributed by atoms with Crippen molar-refractivity contribution >= 4 is 5.91 Å². The summed E-state index contributed by atoms with van der Waals surface area (Å²) in [7, 11) is 1.62. The summed E-state index contributed by atoms with van der Waals surface area (Å²) < 4.78 is 24.6. The number of methoxy groups -OCH3 is 1. The highest BCUT2D eigenvalue weighted by Crippen LogP contribution is 2.18. The van der Waals surface area contributed by atoms with Crippen molar-refractivity contribution in [3.8, 4) is 5.75 Å². The Balaban J connectivity index is 1.45. The van der Waals surface area contributed by atoms with Crippen molar-refractivity contribution in [3.05, 3.63) is 65.5 Å². The first-order chi connectivity index (χ1) is 15.2. The van der Waals surface area contributed by atoms with Gasteiger partial charge in [-0.2, -0.15) is 0 Å². The minimum Gasteiger partial charge on any atom is -0.496 e. The topological polar surface area (TPSA) is 47.7 Å². The van der Waals surface area contributed by atoms with E-state index in [4.69, 9.17) is 9.47 Å². The van der Waals surface area contributed by atoms with E-state index >= 15 is 0 Å². The molecule has 2 heterocycles. The average Bonchev–Trinajstić information content (AvgIpc) is 2.82. The third-order valence-corrected chi connectivity index (χ3v) is 6.39. The van der Waals surface area contributed by atoms with E-state index in [-0.39, 0.29) is 17.8 Å². The van der Waals surface area contributed by atoms with Crippen LogP contribution in [-0.2, 0) is 16.1 Å². The molecule has 2 fully saturated rings. The lowest BCUT2D eigenvalue weighted by molar-refractivity contribution is -1.03. The van der Waals surface area contributed by atoms with Gasteiger partial charge in [0.1, 0.15) is 44.3 Å². The molecule has 0 spiro atoms. The molecule has 7 heteroatoms. The molecule has 2 aliphatic rings. The number of nitrogens with zero attached hydrogens (tertiary/aromatic N) is 1. The van der Waals surface area contributed by atoms with Crippen LogP contribution in [0, 0.1) is 5.82 Å². The smallest absolute Gasteiger partial charge is 0.285 e. The molecule has 2 saturated heterocycles. The third kappa shape index (κ3) is 5.23. The van der Waals surface area contributed by atoms with Crippen molar-refractivity contribution in [2.75, 3.05) is 59.6 Å². The SMILES string of the molecule is COc1ccc(F)cc1C[NH+]1CC[NH+]([C@@H](C(=O)N2CCOCC2)c2ccccc2)CC1. The Hall–Kier alpha value is -2.48. The van der Waals surface area contributed by atoms with Crippen molar-refractivity contribution in [1.29, 1.82) is 0 Å². The first-order valence-corrected chi connectivity index (χ1v) is 11.1. The van der Waals surface area contributed by atoms with E-state index in [0.717, 1.165) is 49.6 Å². The molecule has 0 bridgehead atoms. The molecule has 1 atom stereocenters. The number of piperazine rings is 1. The molecule has 0 radical (unpaired) electrons. The number of carbonyl (C=O) groups excluding carboxylic acids is 1. The van der Waals surface area contributed by atoms with Crippen LogP contribution in [-0.4, -0.2) is 70.4 Å². The van der Waals surface area contributed by atoms with Gasteiger partial charge in [-0.15, -0.1) is 0 Å². The third-order valence-electron chi connectivity index (χ3n) is 6.39. The van der Waals surface area contributed by atoms with Crippen LogP contribution in [0.4, 0.5) is 4.39 Å². The van der Waals surface area contributed by atoms with Gasteiger partial charge in [0.2, 0.25) is 0 Å². The summed E-state index contributed by atoms with van der Waals surface area (Å²) in [5, 5.41) is 0. The lowest BCUT2D eigenvalue weighted by Crippen LogP contribution is -3.28. The quantitative estimate of drug-likeness (QED) is 0.664. The highest BCUT2D eigenvalue weighted by Gasteiger charge is 2.38. The molecule has 0 unspecified atom stereocenters. The highest BCUT2D eigenvalue weighted by molar-refractivity contribution is 5.82. The molecular formula is C24H32FN3O3+2. The lowest BCUT2D eigenvalue weighted by Gasteiger charge is -2.37. The van der Waals surface area contributed by atoms with E-state index in [9.17, 15) is 9.18 Å². The van der Waals surface area contributed by atoms with Gasteiger partial charge in [0, 0.05) is 18.7 Å². The first kappa shape index (κ1) is 21.7. The second-order valence-corrected chi connectivity index (χ2v) is 8.32. The summed E-state index contributed by atoms with van der Waals surface area (Å²) in [6, 6.07) is 14.6. The summed E-state index contributed by atoms with van der Waals surface area (Å²) in [5.41, 5.74) is 1.97. The van der Waals surface area contributed by atoms with Crippen LogP contribution >= 0.6 is 0 Å². The van der Waals surface area contributed by atoms with E-state index in [2.05, 4.69) is 12.1 Å². The molecule has 1 amide bonds. The van der Waals surface area contributed by atoms with Crippen LogP contribution in [0.15, 0.2) is 48.5 Å². The van der Waals surface area contributed by atoms with E-state index < -0.39 is 0 Å². The fourth-order valence-corrected chi connectivity index (χ4v) is 4.71. The molecular weight excluding hydrogens is 397 g/mol. The number of nitrogens with one attached hydrogen (secondary N) is 2. The molecule has 31 heavy (non-hydrogen) atoms. The van der Waals surface area contributed by atoms with Gasteiger partial charge in [0.05, 0.1) is 25.9 Å². The maximum absolute atomic E-state index is 13.7. The van der Waals surface area contributed by atoms with E-state index in [1.165, 1.54) is 15.9 Å². The van der Waals surface area contributed by atoms with Crippen molar-refractivity contribution in [3.63, 3.8) is 0 Å². The number of hydrogen-bond donors (Lipinski definition) is 2. The molecule has 0 aromatic heterocycles.